The zero-order valence-electron chi connectivity index (χ0n) is 7.18. The normalized spacial score (nSPS) is 9.85. The van der Waals surface area contributed by atoms with Crippen LogP contribution in [0.3, 0.4) is 0 Å². The van der Waals surface area contributed by atoms with Crippen LogP contribution >= 0.6 is 0 Å². The number of hydrogen-bond acceptors (Lipinski definition) is 1. The van der Waals surface area contributed by atoms with E-state index in [2.05, 4.69) is 5.32 Å². The van der Waals surface area contributed by atoms with Crippen LogP contribution in [0.2, 0.25) is 0 Å². The largest absolute Gasteiger partial charge is 0.650 e. The lowest BCUT2D eigenvalue weighted by atomic mass is 10.2. The van der Waals surface area contributed by atoms with E-state index in [1.807, 2.05) is 42.5 Å². The van der Waals surface area contributed by atoms with E-state index < -0.39 is 0 Å². The molecule has 2 aromatic rings. The van der Waals surface area contributed by atoms with Crippen LogP contribution in [0.4, 0.5) is 5.88 Å². The van der Waals surface area contributed by atoms with Crippen LogP contribution in [0.15, 0.2) is 53.1 Å². The van der Waals surface area contributed by atoms with Gasteiger partial charge in [0.1, 0.15) is 0 Å². The fourth-order valence-electron chi connectivity index (χ4n) is 1.11. The molecule has 0 aliphatic heterocycles. The van der Waals surface area contributed by atoms with E-state index in [0.717, 1.165) is 0 Å². The van der Waals surface area contributed by atoms with Crippen molar-refractivity contribution in [2.45, 2.75) is 6.54 Å². The Morgan fingerprint density at radius 2 is 1.85 bits per heavy atom. The van der Waals surface area contributed by atoms with Gasteiger partial charge in [-0.05, 0) is 12.1 Å². The van der Waals surface area contributed by atoms with Crippen LogP contribution in [-0.4, -0.2) is 0 Å². The van der Waals surface area contributed by atoms with Crippen molar-refractivity contribution < 1.29 is 4.42 Å². The van der Waals surface area contributed by atoms with Crippen LogP contribution in [0.1, 0.15) is 5.56 Å². The molecule has 2 rings (SSSR count). The first-order chi connectivity index (χ1) is 6.45. The molecule has 0 atom stereocenters. The second kappa shape index (κ2) is 3.81. The van der Waals surface area contributed by atoms with Gasteiger partial charge in [0.15, 0.2) is 0 Å². The van der Waals surface area contributed by atoms with E-state index >= 15 is 0 Å². The topological polar surface area (TPSA) is 27.2 Å². The molecule has 0 amide bonds. The summed E-state index contributed by atoms with van der Waals surface area (Å²) in [5.41, 5.74) is 1.19. The van der Waals surface area contributed by atoms with Crippen molar-refractivity contribution in [3.05, 3.63) is 59.6 Å². The molecule has 2 nitrogen and oxygen atoms in total. The summed E-state index contributed by atoms with van der Waals surface area (Å²) in [6.45, 7) is 0.675. The van der Waals surface area contributed by atoms with Gasteiger partial charge in [-0.1, -0.05) is 35.9 Å². The molecule has 0 saturated carbocycles. The monoisotopic (exact) mass is 172 g/mol. The molecule has 13 heavy (non-hydrogen) atoms. The number of benzene rings is 1. The van der Waals surface area contributed by atoms with Gasteiger partial charge in [-0.2, -0.15) is 0 Å². The Bertz CT molecular complexity index is 340. The summed E-state index contributed by atoms with van der Waals surface area (Å²) in [5, 5.41) is 4.27. The minimum Gasteiger partial charge on any atom is -0.650 e. The molecule has 0 radical (unpaired) electrons. The molecular weight excluding hydrogens is 162 g/mol. The van der Waals surface area contributed by atoms with E-state index in [0.29, 0.717) is 12.4 Å². The van der Waals surface area contributed by atoms with Crippen molar-refractivity contribution in [2.75, 3.05) is 0 Å². The molecule has 1 aromatic heterocycles. The zero-order valence-corrected chi connectivity index (χ0v) is 7.18. The lowest BCUT2D eigenvalue weighted by Crippen LogP contribution is -1.79. The van der Waals surface area contributed by atoms with E-state index in [4.69, 9.17) is 4.42 Å². The summed E-state index contributed by atoms with van der Waals surface area (Å²) >= 11 is 0. The van der Waals surface area contributed by atoms with Crippen LogP contribution in [-0.2, 0) is 6.54 Å². The highest BCUT2D eigenvalue weighted by Gasteiger charge is 1.83. The number of hydrogen-bond donors (Lipinski definition) is 0. The summed E-state index contributed by atoms with van der Waals surface area (Å²) in [6.07, 6.45) is 1.63. The first-order valence-electron chi connectivity index (χ1n) is 4.20. The second-order valence-electron chi connectivity index (χ2n) is 2.75. The molecule has 0 aliphatic carbocycles. The van der Waals surface area contributed by atoms with Gasteiger partial charge >= 0.3 is 0 Å². The highest BCUT2D eigenvalue weighted by Crippen LogP contribution is 2.20. The fourth-order valence-corrected chi connectivity index (χ4v) is 1.11. The predicted octanol–water partition coefficient (Wildman–Crippen LogP) is 3.49. The average molecular weight is 172 g/mol. The predicted molar refractivity (Wildman–Crippen MR) is 51.9 cm³/mol. The van der Waals surface area contributed by atoms with E-state index in [9.17, 15) is 0 Å². The highest BCUT2D eigenvalue weighted by atomic mass is 16.3. The SMILES string of the molecule is c1ccc(C[N-]c2ccco2)cc1. The van der Waals surface area contributed by atoms with Crippen molar-refractivity contribution >= 4 is 5.88 Å². The second-order valence-corrected chi connectivity index (χ2v) is 2.75. The molecule has 0 fully saturated rings. The van der Waals surface area contributed by atoms with Crippen LogP contribution in [0.25, 0.3) is 5.32 Å². The highest BCUT2D eigenvalue weighted by molar-refractivity contribution is 5.37. The van der Waals surface area contributed by atoms with E-state index in [-0.39, 0.29) is 0 Å². The van der Waals surface area contributed by atoms with Crippen molar-refractivity contribution in [1.82, 2.24) is 0 Å². The minimum absolute atomic E-state index is 0.675. The Hall–Kier alpha value is -1.70. The summed E-state index contributed by atoms with van der Waals surface area (Å²) in [5.74, 6) is 0.684. The van der Waals surface area contributed by atoms with E-state index in [1.165, 1.54) is 5.56 Å². The standard InChI is InChI=1S/C11H10NO/c1-2-5-10(6-3-1)9-12-11-7-4-8-13-11/h1-8H,9H2/q-1. The zero-order chi connectivity index (χ0) is 8.93. The number of rotatable bonds is 3. The Balaban J connectivity index is 1.94. The maximum Gasteiger partial charge on any atom is 0.0883 e. The van der Waals surface area contributed by atoms with Gasteiger partial charge in [0.2, 0.25) is 0 Å². The molecule has 1 heterocycles. The van der Waals surface area contributed by atoms with Crippen molar-refractivity contribution in [3.8, 4) is 0 Å². The minimum atomic E-state index is 0.675. The molecule has 0 N–H and O–H groups in total. The van der Waals surface area contributed by atoms with Crippen LogP contribution in [0, 0.1) is 0 Å². The first-order valence-corrected chi connectivity index (χ1v) is 4.20. The van der Waals surface area contributed by atoms with Gasteiger partial charge in [-0.15, -0.1) is 6.54 Å². The summed E-state index contributed by atoms with van der Waals surface area (Å²) in [7, 11) is 0. The maximum atomic E-state index is 5.09. The van der Waals surface area contributed by atoms with Gasteiger partial charge in [0.25, 0.3) is 0 Å². The maximum absolute atomic E-state index is 5.09. The average Bonchev–Trinajstić information content (AvgIpc) is 2.69. The van der Waals surface area contributed by atoms with Gasteiger partial charge in [0, 0.05) is 5.88 Å². The van der Waals surface area contributed by atoms with E-state index in [1.54, 1.807) is 6.26 Å². The molecule has 0 aliphatic rings. The van der Waals surface area contributed by atoms with Gasteiger partial charge < -0.3 is 9.73 Å². The molecule has 0 bridgehead atoms. The number of nitrogens with zero attached hydrogens (tertiary/aromatic N) is 1. The number of furan rings is 1. The third-order valence-corrected chi connectivity index (χ3v) is 1.77. The smallest absolute Gasteiger partial charge is 0.0883 e. The Kier molecular flexibility index (Phi) is 2.32. The Morgan fingerprint density at radius 3 is 2.54 bits per heavy atom. The summed E-state index contributed by atoms with van der Waals surface area (Å²) in [6, 6.07) is 13.8. The molecule has 0 spiro atoms. The van der Waals surface area contributed by atoms with Gasteiger partial charge in [-0.3, -0.25) is 0 Å². The molecular formula is C11H10NO-. The third-order valence-electron chi connectivity index (χ3n) is 1.77. The molecule has 0 unspecified atom stereocenters. The quantitative estimate of drug-likeness (QED) is 0.696. The van der Waals surface area contributed by atoms with Crippen molar-refractivity contribution in [3.63, 3.8) is 0 Å². The van der Waals surface area contributed by atoms with Crippen molar-refractivity contribution in [2.24, 2.45) is 0 Å². The molecule has 66 valence electrons. The third kappa shape index (κ3) is 2.12. The Morgan fingerprint density at radius 1 is 1.00 bits per heavy atom. The van der Waals surface area contributed by atoms with Crippen molar-refractivity contribution in [1.29, 1.82) is 0 Å². The fraction of sp³-hybridized carbons (Fsp3) is 0.0909. The molecule has 1 aromatic carbocycles. The lowest BCUT2D eigenvalue weighted by molar-refractivity contribution is 0.585. The van der Waals surface area contributed by atoms with Crippen LogP contribution < -0.4 is 0 Å². The molecule has 0 saturated heterocycles. The van der Waals surface area contributed by atoms with Crippen LogP contribution in [0.5, 0.6) is 0 Å². The molecule has 2 heteroatoms. The Labute approximate surface area is 77.2 Å². The lowest BCUT2D eigenvalue weighted by Gasteiger charge is -2.16. The summed E-state index contributed by atoms with van der Waals surface area (Å²) in [4.78, 5) is 0. The van der Waals surface area contributed by atoms with Gasteiger partial charge in [0.05, 0.1) is 6.26 Å². The first kappa shape index (κ1) is 7.92. The van der Waals surface area contributed by atoms with Gasteiger partial charge in [-0.25, -0.2) is 0 Å². The summed E-state index contributed by atoms with van der Waals surface area (Å²) < 4.78 is 5.09.